The van der Waals surface area contributed by atoms with Gasteiger partial charge in [-0.15, -0.1) is 0 Å². The van der Waals surface area contributed by atoms with E-state index in [4.69, 9.17) is 14.5 Å². The van der Waals surface area contributed by atoms with E-state index in [1.165, 1.54) is 11.1 Å². The number of imidazole rings is 1. The number of para-hydroxylation sites is 2. The lowest BCUT2D eigenvalue weighted by Gasteiger charge is -2.17. The number of methoxy groups -OCH3 is 1. The zero-order valence-corrected chi connectivity index (χ0v) is 19.5. The molecule has 0 fully saturated rings. The molecule has 0 saturated heterocycles. The molecular weight excluding hydrogens is 414 g/mol. The molecule has 0 aliphatic carbocycles. The van der Waals surface area contributed by atoms with E-state index in [1.54, 1.807) is 25.3 Å². The van der Waals surface area contributed by atoms with E-state index < -0.39 is 0 Å². The van der Waals surface area contributed by atoms with Crippen molar-refractivity contribution in [3.63, 3.8) is 0 Å². The Morgan fingerprint density at radius 3 is 2.52 bits per heavy atom. The van der Waals surface area contributed by atoms with Gasteiger partial charge in [-0.3, -0.25) is 4.79 Å². The van der Waals surface area contributed by atoms with Crippen molar-refractivity contribution < 1.29 is 14.3 Å². The molecule has 0 saturated carbocycles. The minimum absolute atomic E-state index is 0.175. The highest BCUT2D eigenvalue weighted by Gasteiger charge is 2.19. The van der Waals surface area contributed by atoms with E-state index in [0.29, 0.717) is 24.5 Å². The van der Waals surface area contributed by atoms with Crippen LogP contribution in [-0.2, 0) is 6.54 Å². The summed E-state index contributed by atoms with van der Waals surface area (Å²) in [6.45, 7) is 7.18. The van der Waals surface area contributed by atoms with Crippen LogP contribution in [0.4, 0.5) is 0 Å². The number of carbonyl (C=O) groups excluding carboxylic acids is 1. The molecule has 3 aromatic carbocycles. The largest absolute Gasteiger partial charge is 0.497 e. The Labute approximate surface area is 194 Å². The van der Waals surface area contributed by atoms with Gasteiger partial charge < -0.3 is 19.4 Å². The summed E-state index contributed by atoms with van der Waals surface area (Å²) in [5, 5.41) is 3.07. The predicted octanol–water partition coefficient (Wildman–Crippen LogP) is 5.23. The van der Waals surface area contributed by atoms with E-state index in [1.807, 2.05) is 49.4 Å². The molecule has 4 rings (SSSR count). The van der Waals surface area contributed by atoms with Gasteiger partial charge in [0.15, 0.2) is 0 Å². The smallest absolute Gasteiger partial charge is 0.251 e. The van der Waals surface area contributed by atoms with Crippen molar-refractivity contribution in [3.8, 4) is 11.5 Å². The van der Waals surface area contributed by atoms with Gasteiger partial charge in [0.1, 0.15) is 23.9 Å². The molecule has 0 aliphatic rings. The second-order valence-corrected chi connectivity index (χ2v) is 8.21. The Balaban J connectivity index is 1.54. The van der Waals surface area contributed by atoms with Crippen molar-refractivity contribution in [1.29, 1.82) is 0 Å². The number of fused-ring (bicyclic) bond motifs is 1. The van der Waals surface area contributed by atoms with Gasteiger partial charge in [0.25, 0.3) is 5.91 Å². The number of amides is 1. The Morgan fingerprint density at radius 2 is 1.76 bits per heavy atom. The van der Waals surface area contributed by atoms with E-state index in [2.05, 4.69) is 29.8 Å². The van der Waals surface area contributed by atoms with Crippen LogP contribution in [0.1, 0.15) is 40.3 Å². The SMILES string of the molecule is COc1cccc(C(=O)NC(C)c2nc3ccccc3n2CCOc2cc(C)cc(C)c2)c1. The standard InChI is InChI=1S/C27H29N3O3/c1-18-14-19(2)16-23(15-18)33-13-12-30-25-11-6-5-10-24(25)29-26(30)20(3)28-27(31)21-8-7-9-22(17-21)32-4/h5-11,14-17,20H,12-13H2,1-4H3,(H,28,31). The van der Waals surface area contributed by atoms with Crippen molar-refractivity contribution in [2.24, 2.45) is 0 Å². The van der Waals surface area contributed by atoms with Crippen LogP contribution in [0.25, 0.3) is 11.0 Å². The Bertz CT molecular complexity index is 1260. The number of benzene rings is 3. The van der Waals surface area contributed by atoms with Gasteiger partial charge in [-0.25, -0.2) is 4.98 Å². The summed E-state index contributed by atoms with van der Waals surface area (Å²) in [5.41, 5.74) is 4.79. The summed E-state index contributed by atoms with van der Waals surface area (Å²) in [6.07, 6.45) is 0. The van der Waals surface area contributed by atoms with Crippen LogP contribution in [0.15, 0.2) is 66.7 Å². The van der Waals surface area contributed by atoms with Gasteiger partial charge in [-0.05, 0) is 74.4 Å². The zero-order valence-electron chi connectivity index (χ0n) is 19.5. The highest BCUT2D eigenvalue weighted by Crippen LogP contribution is 2.22. The van der Waals surface area contributed by atoms with E-state index in [9.17, 15) is 4.79 Å². The summed E-state index contributed by atoms with van der Waals surface area (Å²) >= 11 is 0. The summed E-state index contributed by atoms with van der Waals surface area (Å²) < 4.78 is 13.4. The van der Waals surface area contributed by atoms with Crippen LogP contribution in [0.5, 0.6) is 11.5 Å². The molecule has 6 nitrogen and oxygen atoms in total. The fraction of sp³-hybridized carbons (Fsp3) is 0.259. The van der Waals surface area contributed by atoms with Crippen LogP contribution in [0.2, 0.25) is 0 Å². The molecule has 33 heavy (non-hydrogen) atoms. The molecule has 1 N–H and O–H groups in total. The third-order valence-electron chi connectivity index (χ3n) is 5.53. The number of rotatable bonds is 8. The molecule has 1 heterocycles. The summed E-state index contributed by atoms with van der Waals surface area (Å²) in [6, 6.07) is 21.0. The molecule has 0 radical (unpaired) electrons. The van der Waals surface area contributed by atoms with Gasteiger partial charge in [-0.2, -0.15) is 0 Å². The van der Waals surface area contributed by atoms with Crippen LogP contribution in [0, 0.1) is 13.8 Å². The number of aryl methyl sites for hydroxylation is 2. The normalized spacial score (nSPS) is 11.9. The number of nitrogens with one attached hydrogen (secondary N) is 1. The third kappa shape index (κ3) is 5.17. The molecule has 170 valence electrons. The first-order chi connectivity index (χ1) is 15.9. The number of hydrogen-bond acceptors (Lipinski definition) is 4. The average molecular weight is 444 g/mol. The maximum absolute atomic E-state index is 12.9. The molecule has 1 amide bonds. The lowest BCUT2D eigenvalue weighted by molar-refractivity contribution is 0.0937. The zero-order chi connectivity index (χ0) is 23.4. The fourth-order valence-corrected chi connectivity index (χ4v) is 4.04. The van der Waals surface area contributed by atoms with Gasteiger partial charge in [0.05, 0.1) is 30.7 Å². The monoisotopic (exact) mass is 443 g/mol. The van der Waals surface area contributed by atoms with E-state index >= 15 is 0 Å². The summed E-state index contributed by atoms with van der Waals surface area (Å²) in [4.78, 5) is 17.7. The molecular formula is C27H29N3O3. The molecule has 1 aromatic heterocycles. The van der Waals surface area contributed by atoms with Crippen LogP contribution in [-0.4, -0.2) is 29.2 Å². The summed E-state index contributed by atoms with van der Waals surface area (Å²) in [7, 11) is 1.59. The molecule has 6 heteroatoms. The van der Waals surface area contributed by atoms with Crippen LogP contribution < -0.4 is 14.8 Å². The first-order valence-corrected chi connectivity index (χ1v) is 11.1. The fourth-order valence-electron chi connectivity index (χ4n) is 4.04. The minimum Gasteiger partial charge on any atom is -0.497 e. The lowest BCUT2D eigenvalue weighted by atomic mass is 10.1. The highest BCUT2D eigenvalue weighted by molar-refractivity contribution is 5.94. The summed E-state index contributed by atoms with van der Waals surface area (Å²) in [5.74, 6) is 2.12. The van der Waals surface area contributed by atoms with Crippen LogP contribution in [0.3, 0.4) is 0 Å². The number of ether oxygens (including phenoxy) is 2. The van der Waals surface area contributed by atoms with Crippen molar-refractivity contribution >= 4 is 16.9 Å². The molecule has 0 bridgehead atoms. The number of carbonyl (C=O) groups is 1. The van der Waals surface area contributed by atoms with Crippen molar-refractivity contribution in [2.75, 3.05) is 13.7 Å². The first kappa shape index (κ1) is 22.4. The van der Waals surface area contributed by atoms with Crippen molar-refractivity contribution in [2.45, 2.75) is 33.4 Å². The molecule has 0 spiro atoms. The van der Waals surface area contributed by atoms with Crippen LogP contribution >= 0.6 is 0 Å². The second kappa shape index (κ2) is 9.77. The highest BCUT2D eigenvalue weighted by atomic mass is 16.5. The van der Waals surface area contributed by atoms with Gasteiger partial charge in [-0.1, -0.05) is 24.3 Å². The van der Waals surface area contributed by atoms with Gasteiger partial charge in [0.2, 0.25) is 0 Å². The topological polar surface area (TPSA) is 65.4 Å². The van der Waals surface area contributed by atoms with Gasteiger partial charge >= 0.3 is 0 Å². The van der Waals surface area contributed by atoms with Crippen molar-refractivity contribution in [1.82, 2.24) is 14.9 Å². The number of aromatic nitrogens is 2. The van der Waals surface area contributed by atoms with E-state index in [-0.39, 0.29) is 11.9 Å². The third-order valence-corrected chi connectivity index (χ3v) is 5.53. The number of nitrogens with zero attached hydrogens (tertiary/aromatic N) is 2. The quantitative estimate of drug-likeness (QED) is 0.405. The molecule has 4 aromatic rings. The maximum Gasteiger partial charge on any atom is 0.251 e. The second-order valence-electron chi connectivity index (χ2n) is 8.21. The number of hydrogen-bond donors (Lipinski definition) is 1. The minimum atomic E-state index is -0.294. The maximum atomic E-state index is 12.9. The Morgan fingerprint density at radius 1 is 1.00 bits per heavy atom. The molecule has 1 unspecified atom stereocenters. The Hall–Kier alpha value is -3.80. The van der Waals surface area contributed by atoms with Gasteiger partial charge in [0, 0.05) is 5.56 Å². The Kier molecular flexibility index (Phi) is 6.63. The van der Waals surface area contributed by atoms with Crippen molar-refractivity contribution in [3.05, 3.63) is 89.2 Å². The first-order valence-electron chi connectivity index (χ1n) is 11.1. The average Bonchev–Trinajstić information content (AvgIpc) is 3.17. The predicted molar refractivity (Wildman–Crippen MR) is 130 cm³/mol. The molecule has 0 aliphatic heterocycles. The molecule has 1 atom stereocenters. The lowest BCUT2D eigenvalue weighted by Crippen LogP contribution is -2.29. The van der Waals surface area contributed by atoms with E-state index in [0.717, 1.165) is 22.6 Å².